The second kappa shape index (κ2) is 4.99. The van der Waals surface area contributed by atoms with Gasteiger partial charge in [-0.1, -0.05) is 12.2 Å². The summed E-state index contributed by atoms with van der Waals surface area (Å²) in [5, 5.41) is 8.96. The van der Waals surface area contributed by atoms with E-state index in [1.54, 1.807) is 13.0 Å². The van der Waals surface area contributed by atoms with Gasteiger partial charge in [-0.15, -0.1) is 0 Å². The number of esters is 1. The molecule has 0 aromatic carbocycles. The Morgan fingerprint density at radius 3 is 2.80 bits per heavy atom. The maximum absolute atomic E-state index is 10.5. The highest BCUT2D eigenvalue weighted by molar-refractivity contribution is 5.69. The highest BCUT2D eigenvalue weighted by Crippen LogP contribution is 1.94. The van der Waals surface area contributed by atoms with Crippen molar-refractivity contribution in [1.82, 2.24) is 0 Å². The molecule has 0 spiro atoms. The van der Waals surface area contributed by atoms with Crippen LogP contribution >= 0.6 is 0 Å². The van der Waals surface area contributed by atoms with Crippen molar-refractivity contribution in [3.05, 3.63) is 12.2 Å². The monoisotopic (exact) mass is 144 g/mol. The van der Waals surface area contributed by atoms with Crippen LogP contribution in [0.4, 0.5) is 0 Å². The Hall–Kier alpha value is -0.830. The number of carbonyl (C=O) groups excluding carboxylic acids is 1. The quantitative estimate of drug-likeness (QED) is 0.463. The molecule has 1 N–H and O–H groups in total. The Kier molecular flexibility index (Phi) is 4.58. The lowest BCUT2D eigenvalue weighted by molar-refractivity contribution is -0.142. The van der Waals surface area contributed by atoms with Crippen molar-refractivity contribution in [2.45, 2.75) is 19.4 Å². The second-order valence-corrected chi connectivity index (χ2v) is 1.87. The third kappa shape index (κ3) is 4.09. The van der Waals surface area contributed by atoms with E-state index in [1.807, 2.05) is 0 Å². The van der Waals surface area contributed by atoms with Crippen molar-refractivity contribution in [2.75, 3.05) is 7.11 Å². The molecule has 0 rings (SSSR count). The van der Waals surface area contributed by atoms with Crippen LogP contribution in [0.1, 0.15) is 13.3 Å². The van der Waals surface area contributed by atoms with Crippen LogP contribution in [-0.4, -0.2) is 24.3 Å². The number of hydrogen-bond donors (Lipinski definition) is 1. The van der Waals surface area contributed by atoms with Crippen molar-refractivity contribution in [3.8, 4) is 0 Å². The number of methoxy groups -OCH3 is 1. The van der Waals surface area contributed by atoms with Crippen LogP contribution in [0.5, 0.6) is 0 Å². The van der Waals surface area contributed by atoms with Gasteiger partial charge in [0.1, 0.15) is 0 Å². The van der Waals surface area contributed by atoms with Crippen LogP contribution in [0.25, 0.3) is 0 Å². The molecular formula is C7H12O3. The number of ether oxygens (including phenoxy) is 1. The topological polar surface area (TPSA) is 46.5 Å². The van der Waals surface area contributed by atoms with Crippen molar-refractivity contribution in [2.24, 2.45) is 0 Å². The van der Waals surface area contributed by atoms with Crippen LogP contribution in [0.15, 0.2) is 12.2 Å². The van der Waals surface area contributed by atoms with Gasteiger partial charge in [0.25, 0.3) is 0 Å². The lowest BCUT2D eigenvalue weighted by Gasteiger charge is -2.01. The van der Waals surface area contributed by atoms with Crippen molar-refractivity contribution in [3.63, 3.8) is 0 Å². The zero-order valence-corrected chi connectivity index (χ0v) is 6.20. The summed E-state index contributed by atoms with van der Waals surface area (Å²) in [7, 11) is 1.30. The van der Waals surface area contributed by atoms with Crippen LogP contribution < -0.4 is 0 Å². The minimum atomic E-state index is -0.711. The Morgan fingerprint density at radius 1 is 1.80 bits per heavy atom. The molecule has 58 valence electrons. The van der Waals surface area contributed by atoms with E-state index in [1.165, 1.54) is 13.2 Å². The molecule has 3 heteroatoms. The van der Waals surface area contributed by atoms with Gasteiger partial charge in [0.05, 0.1) is 19.6 Å². The number of allylic oxidation sites excluding steroid dienone is 1. The standard InChI is InChI=1S/C7H12O3/c1-3-4-6(8)5-7(9)10-2/h3-4,6,8H,5H2,1-2H3/b4-3+/t6-/m1/s1. The van der Waals surface area contributed by atoms with Gasteiger partial charge < -0.3 is 9.84 Å². The SMILES string of the molecule is C/C=C/[C@@H](O)CC(=O)OC. The predicted molar refractivity (Wildman–Crippen MR) is 37.5 cm³/mol. The Labute approximate surface area is 60.3 Å². The third-order valence-electron chi connectivity index (χ3n) is 1.02. The number of hydrogen-bond acceptors (Lipinski definition) is 3. The molecule has 0 amide bonds. The predicted octanol–water partition coefficient (Wildman–Crippen LogP) is 0.486. The molecule has 0 fully saturated rings. The number of rotatable bonds is 3. The fourth-order valence-electron chi connectivity index (χ4n) is 0.544. The average Bonchev–Trinajstić information content (AvgIpc) is 1.88. The molecule has 0 saturated carbocycles. The first-order valence-electron chi connectivity index (χ1n) is 3.08. The number of carbonyl (C=O) groups is 1. The highest BCUT2D eigenvalue weighted by Gasteiger charge is 2.05. The summed E-state index contributed by atoms with van der Waals surface area (Å²) < 4.78 is 4.33. The van der Waals surface area contributed by atoms with E-state index >= 15 is 0 Å². The van der Waals surface area contributed by atoms with E-state index in [0.29, 0.717) is 0 Å². The lowest BCUT2D eigenvalue weighted by Crippen LogP contribution is -2.11. The maximum Gasteiger partial charge on any atom is 0.308 e. The molecule has 0 aliphatic rings. The van der Waals surface area contributed by atoms with Gasteiger partial charge in [0.15, 0.2) is 0 Å². The van der Waals surface area contributed by atoms with E-state index in [9.17, 15) is 4.79 Å². The maximum atomic E-state index is 10.5. The third-order valence-corrected chi connectivity index (χ3v) is 1.02. The molecule has 0 unspecified atom stereocenters. The molecular weight excluding hydrogens is 132 g/mol. The second-order valence-electron chi connectivity index (χ2n) is 1.87. The van der Waals surface area contributed by atoms with Crippen molar-refractivity contribution >= 4 is 5.97 Å². The molecule has 0 saturated heterocycles. The summed E-state index contributed by atoms with van der Waals surface area (Å²) in [6, 6.07) is 0. The van der Waals surface area contributed by atoms with Gasteiger partial charge in [0.2, 0.25) is 0 Å². The van der Waals surface area contributed by atoms with Crippen LogP contribution in [0.3, 0.4) is 0 Å². The molecule has 0 aliphatic carbocycles. The van der Waals surface area contributed by atoms with E-state index < -0.39 is 12.1 Å². The normalized spacial score (nSPS) is 13.5. The molecule has 1 atom stereocenters. The summed E-state index contributed by atoms with van der Waals surface area (Å²) >= 11 is 0. The molecule has 10 heavy (non-hydrogen) atoms. The summed E-state index contributed by atoms with van der Waals surface area (Å²) in [5.41, 5.74) is 0. The lowest BCUT2D eigenvalue weighted by atomic mass is 10.2. The van der Waals surface area contributed by atoms with Crippen LogP contribution in [-0.2, 0) is 9.53 Å². The Bertz CT molecular complexity index is 129. The number of aliphatic hydroxyl groups is 1. The molecule has 0 heterocycles. The van der Waals surface area contributed by atoms with Gasteiger partial charge in [-0.05, 0) is 6.92 Å². The smallest absolute Gasteiger partial charge is 0.308 e. The zero-order chi connectivity index (χ0) is 7.98. The summed E-state index contributed by atoms with van der Waals surface area (Å²) in [6.45, 7) is 1.78. The van der Waals surface area contributed by atoms with Crippen molar-refractivity contribution in [1.29, 1.82) is 0 Å². The first-order valence-corrected chi connectivity index (χ1v) is 3.08. The summed E-state index contributed by atoms with van der Waals surface area (Å²) in [4.78, 5) is 10.5. The van der Waals surface area contributed by atoms with E-state index in [-0.39, 0.29) is 6.42 Å². The van der Waals surface area contributed by atoms with E-state index in [4.69, 9.17) is 5.11 Å². The van der Waals surface area contributed by atoms with Gasteiger partial charge >= 0.3 is 5.97 Å². The van der Waals surface area contributed by atoms with Crippen molar-refractivity contribution < 1.29 is 14.6 Å². The van der Waals surface area contributed by atoms with E-state index in [2.05, 4.69) is 4.74 Å². The van der Waals surface area contributed by atoms with Gasteiger partial charge in [-0.3, -0.25) is 4.79 Å². The largest absolute Gasteiger partial charge is 0.469 e. The highest BCUT2D eigenvalue weighted by atomic mass is 16.5. The van der Waals surface area contributed by atoms with Gasteiger partial charge in [0, 0.05) is 0 Å². The first-order chi connectivity index (χ1) is 4.70. The molecule has 0 aliphatic heterocycles. The molecule has 0 aromatic heterocycles. The molecule has 0 aromatic rings. The minimum absolute atomic E-state index is 0.0286. The van der Waals surface area contributed by atoms with Crippen LogP contribution in [0, 0.1) is 0 Å². The molecule has 0 radical (unpaired) electrons. The first kappa shape index (κ1) is 9.17. The van der Waals surface area contributed by atoms with E-state index in [0.717, 1.165) is 0 Å². The molecule has 3 nitrogen and oxygen atoms in total. The summed E-state index contributed by atoms with van der Waals surface area (Å²) in [6.07, 6.45) is 2.54. The minimum Gasteiger partial charge on any atom is -0.469 e. The van der Waals surface area contributed by atoms with Gasteiger partial charge in [-0.25, -0.2) is 0 Å². The van der Waals surface area contributed by atoms with Gasteiger partial charge in [-0.2, -0.15) is 0 Å². The Balaban J connectivity index is 3.57. The fourth-order valence-corrected chi connectivity index (χ4v) is 0.544. The van der Waals surface area contributed by atoms with Crippen LogP contribution in [0.2, 0.25) is 0 Å². The Morgan fingerprint density at radius 2 is 2.40 bits per heavy atom. The molecule has 0 bridgehead atoms. The average molecular weight is 144 g/mol. The summed E-state index contributed by atoms with van der Waals surface area (Å²) in [5.74, 6) is -0.398. The zero-order valence-electron chi connectivity index (χ0n) is 6.20. The number of aliphatic hydroxyl groups excluding tert-OH is 1. The fraction of sp³-hybridized carbons (Fsp3) is 0.571.